The minimum atomic E-state index is -0.184. The van der Waals surface area contributed by atoms with E-state index in [1.807, 2.05) is 13.8 Å². The maximum Gasteiger partial charge on any atom is 0.330 e. The fourth-order valence-electron chi connectivity index (χ4n) is 1.39. The monoisotopic (exact) mass is 170 g/mol. The van der Waals surface area contributed by atoms with Crippen molar-refractivity contribution in [2.75, 3.05) is 0 Å². The van der Waals surface area contributed by atoms with E-state index in [0.717, 1.165) is 0 Å². The summed E-state index contributed by atoms with van der Waals surface area (Å²) in [6, 6.07) is 0. The van der Waals surface area contributed by atoms with Crippen LogP contribution in [0.1, 0.15) is 25.5 Å². The van der Waals surface area contributed by atoms with E-state index in [9.17, 15) is 9.90 Å². The molecule has 0 aromatic carbocycles. The number of aromatic nitrogens is 2. The van der Waals surface area contributed by atoms with Gasteiger partial charge in [-0.2, -0.15) is 0 Å². The maximum absolute atomic E-state index is 11.3. The van der Waals surface area contributed by atoms with E-state index < -0.39 is 0 Å². The standard InChI is InChI=1S/C8H14N2O2/c1-5(2)6-7(11)10(4)8(12)9(6)3/h5,11H,1-4H3. The van der Waals surface area contributed by atoms with Crippen molar-refractivity contribution in [3.05, 3.63) is 16.2 Å². The average Bonchev–Trinajstić information content (AvgIpc) is 2.16. The summed E-state index contributed by atoms with van der Waals surface area (Å²) < 4.78 is 2.72. The van der Waals surface area contributed by atoms with Gasteiger partial charge in [0.25, 0.3) is 0 Å². The fourth-order valence-corrected chi connectivity index (χ4v) is 1.39. The lowest BCUT2D eigenvalue weighted by Crippen LogP contribution is -2.20. The van der Waals surface area contributed by atoms with Crippen LogP contribution < -0.4 is 5.69 Å². The molecule has 0 aliphatic rings. The molecule has 1 N–H and O–H groups in total. The largest absolute Gasteiger partial charge is 0.493 e. The number of hydrogen-bond donors (Lipinski definition) is 1. The van der Waals surface area contributed by atoms with Gasteiger partial charge in [-0.25, -0.2) is 4.79 Å². The van der Waals surface area contributed by atoms with E-state index in [0.29, 0.717) is 5.69 Å². The van der Waals surface area contributed by atoms with Crippen LogP contribution in [-0.2, 0) is 14.1 Å². The van der Waals surface area contributed by atoms with Crippen molar-refractivity contribution in [3.8, 4) is 5.88 Å². The van der Waals surface area contributed by atoms with Gasteiger partial charge in [-0.05, 0) is 5.92 Å². The highest BCUT2D eigenvalue weighted by Crippen LogP contribution is 2.22. The zero-order valence-electron chi connectivity index (χ0n) is 7.83. The molecule has 0 bridgehead atoms. The van der Waals surface area contributed by atoms with E-state index >= 15 is 0 Å². The van der Waals surface area contributed by atoms with Crippen molar-refractivity contribution in [2.45, 2.75) is 19.8 Å². The highest BCUT2D eigenvalue weighted by atomic mass is 16.3. The highest BCUT2D eigenvalue weighted by Gasteiger charge is 2.16. The number of hydrogen-bond acceptors (Lipinski definition) is 2. The molecule has 0 aliphatic carbocycles. The summed E-state index contributed by atoms with van der Waals surface area (Å²) in [5, 5.41) is 9.51. The summed E-state index contributed by atoms with van der Waals surface area (Å²) >= 11 is 0. The third kappa shape index (κ3) is 1.03. The average molecular weight is 170 g/mol. The Labute approximate surface area is 71.1 Å². The summed E-state index contributed by atoms with van der Waals surface area (Å²) in [4.78, 5) is 11.3. The summed E-state index contributed by atoms with van der Waals surface area (Å²) in [6.07, 6.45) is 0. The van der Waals surface area contributed by atoms with Gasteiger partial charge in [-0.1, -0.05) is 13.8 Å². The molecule has 1 aromatic heterocycles. The van der Waals surface area contributed by atoms with E-state index in [-0.39, 0.29) is 17.5 Å². The van der Waals surface area contributed by atoms with Crippen molar-refractivity contribution in [1.82, 2.24) is 9.13 Å². The first-order valence-corrected chi connectivity index (χ1v) is 3.91. The first-order valence-electron chi connectivity index (χ1n) is 3.91. The van der Waals surface area contributed by atoms with Crippen LogP contribution in [0.25, 0.3) is 0 Å². The van der Waals surface area contributed by atoms with E-state index in [2.05, 4.69) is 0 Å². The summed E-state index contributed by atoms with van der Waals surface area (Å²) in [6.45, 7) is 3.88. The minimum absolute atomic E-state index is 0.0671. The topological polar surface area (TPSA) is 47.2 Å². The molecule has 0 atom stereocenters. The Morgan fingerprint density at radius 2 is 1.75 bits per heavy atom. The number of rotatable bonds is 1. The second-order valence-electron chi connectivity index (χ2n) is 3.26. The van der Waals surface area contributed by atoms with Crippen LogP contribution in [0.15, 0.2) is 4.79 Å². The molecule has 0 saturated carbocycles. The predicted molar refractivity (Wildman–Crippen MR) is 46.4 cm³/mol. The first kappa shape index (κ1) is 8.90. The normalized spacial score (nSPS) is 11.1. The summed E-state index contributed by atoms with van der Waals surface area (Å²) in [5.74, 6) is 0.224. The molecule has 12 heavy (non-hydrogen) atoms. The Kier molecular flexibility index (Phi) is 2.00. The van der Waals surface area contributed by atoms with Crippen molar-refractivity contribution in [3.63, 3.8) is 0 Å². The molecule has 4 heteroatoms. The van der Waals surface area contributed by atoms with Crippen molar-refractivity contribution in [1.29, 1.82) is 0 Å². The van der Waals surface area contributed by atoms with Crippen LogP contribution in [0.5, 0.6) is 5.88 Å². The second-order valence-corrected chi connectivity index (χ2v) is 3.26. The molecule has 4 nitrogen and oxygen atoms in total. The quantitative estimate of drug-likeness (QED) is 0.669. The molecule has 1 rings (SSSR count). The second kappa shape index (κ2) is 2.69. The van der Waals surface area contributed by atoms with Crippen LogP contribution in [0.3, 0.4) is 0 Å². The number of aromatic hydroxyl groups is 1. The summed E-state index contributed by atoms with van der Waals surface area (Å²) in [7, 11) is 3.22. The highest BCUT2D eigenvalue weighted by molar-refractivity contribution is 5.22. The van der Waals surface area contributed by atoms with Gasteiger partial charge < -0.3 is 5.11 Å². The number of nitrogens with zero attached hydrogens (tertiary/aromatic N) is 2. The third-order valence-corrected chi connectivity index (χ3v) is 2.03. The zero-order valence-corrected chi connectivity index (χ0v) is 7.83. The van der Waals surface area contributed by atoms with E-state index in [1.165, 1.54) is 9.13 Å². The molecule has 0 radical (unpaired) electrons. The van der Waals surface area contributed by atoms with Crippen molar-refractivity contribution < 1.29 is 5.11 Å². The fraction of sp³-hybridized carbons (Fsp3) is 0.625. The lowest BCUT2D eigenvalue weighted by atomic mass is 10.1. The van der Waals surface area contributed by atoms with Gasteiger partial charge in [0.15, 0.2) is 0 Å². The molecular formula is C8H14N2O2. The molecule has 1 heterocycles. The Balaban J connectivity index is 3.49. The SMILES string of the molecule is CC(C)c1c(O)n(C)c(=O)n1C. The van der Waals surface area contributed by atoms with Crippen LogP contribution >= 0.6 is 0 Å². The molecule has 0 aliphatic heterocycles. The first-order chi connectivity index (χ1) is 5.46. The molecule has 1 aromatic rings. The molecule has 0 amide bonds. The Hall–Kier alpha value is -1.19. The third-order valence-electron chi connectivity index (χ3n) is 2.03. The Morgan fingerprint density at radius 3 is 1.92 bits per heavy atom. The van der Waals surface area contributed by atoms with Gasteiger partial charge in [-0.3, -0.25) is 9.13 Å². The lowest BCUT2D eigenvalue weighted by Gasteiger charge is -2.04. The lowest BCUT2D eigenvalue weighted by molar-refractivity contribution is 0.420. The molecule has 0 unspecified atom stereocenters. The maximum atomic E-state index is 11.3. The molecular weight excluding hydrogens is 156 g/mol. The predicted octanol–water partition coefficient (Wildman–Crippen LogP) is 0.553. The van der Waals surface area contributed by atoms with E-state index in [1.54, 1.807) is 14.1 Å². The number of imidazole rings is 1. The molecule has 0 spiro atoms. The van der Waals surface area contributed by atoms with Crippen LogP contribution in [-0.4, -0.2) is 14.2 Å². The van der Waals surface area contributed by atoms with Gasteiger partial charge in [0.1, 0.15) is 0 Å². The van der Waals surface area contributed by atoms with Crippen molar-refractivity contribution >= 4 is 0 Å². The van der Waals surface area contributed by atoms with Gasteiger partial charge >= 0.3 is 5.69 Å². The van der Waals surface area contributed by atoms with Crippen LogP contribution in [0.2, 0.25) is 0 Å². The Bertz CT molecular complexity index is 347. The Morgan fingerprint density at radius 1 is 1.25 bits per heavy atom. The summed E-state index contributed by atoms with van der Waals surface area (Å²) in [5.41, 5.74) is 0.499. The molecule has 0 saturated heterocycles. The smallest absolute Gasteiger partial charge is 0.330 e. The zero-order chi connectivity index (χ0) is 9.46. The van der Waals surface area contributed by atoms with Crippen molar-refractivity contribution in [2.24, 2.45) is 14.1 Å². The van der Waals surface area contributed by atoms with Crippen LogP contribution in [0, 0.1) is 0 Å². The van der Waals surface area contributed by atoms with Crippen LogP contribution in [0.4, 0.5) is 0 Å². The molecule has 0 fully saturated rings. The van der Waals surface area contributed by atoms with Gasteiger partial charge in [0.05, 0.1) is 5.69 Å². The van der Waals surface area contributed by atoms with Gasteiger partial charge in [-0.15, -0.1) is 0 Å². The van der Waals surface area contributed by atoms with Gasteiger partial charge in [0.2, 0.25) is 5.88 Å². The van der Waals surface area contributed by atoms with Gasteiger partial charge in [0, 0.05) is 14.1 Å². The molecule has 68 valence electrons. The minimum Gasteiger partial charge on any atom is -0.493 e. The van der Waals surface area contributed by atoms with E-state index in [4.69, 9.17) is 0 Å².